The van der Waals surface area contributed by atoms with Crippen molar-refractivity contribution in [2.24, 2.45) is 0 Å². The smallest absolute Gasteiger partial charge is 0.143 e. The Bertz CT molecular complexity index is 4710. The lowest BCUT2D eigenvalue weighted by atomic mass is 9.89. The van der Waals surface area contributed by atoms with Crippen molar-refractivity contribution in [1.82, 2.24) is 0 Å². The Morgan fingerprint density at radius 2 is 0.810 bits per heavy atom. The van der Waals surface area contributed by atoms with Crippen LogP contribution in [0.1, 0.15) is 0 Å². The maximum absolute atomic E-state index is 6.76. The molecule has 3 heteroatoms. The molecule has 0 N–H and O–H groups in total. The van der Waals surface area contributed by atoms with Crippen molar-refractivity contribution in [3.8, 4) is 77.9 Å². The minimum Gasteiger partial charge on any atom is -0.455 e. The quantitative estimate of drug-likeness (QED) is 0.136. The summed E-state index contributed by atoms with van der Waals surface area (Å²) in [7, 11) is 0. The summed E-state index contributed by atoms with van der Waals surface area (Å²) in [6, 6.07) is 108. The number of nitrogens with zero attached hydrogens (tertiary/aromatic N) is 1. The van der Waals surface area contributed by atoms with Crippen LogP contribution in [0, 0.1) is 0 Å². The minimum absolute atomic E-state index is 0.863. The van der Waals surface area contributed by atoms with E-state index in [1.807, 2.05) is 11.3 Å². The van der Waals surface area contributed by atoms with Gasteiger partial charge in [-0.15, -0.1) is 11.3 Å². The van der Waals surface area contributed by atoms with E-state index in [0.717, 1.165) is 88.7 Å². The van der Waals surface area contributed by atoms with E-state index in [4.69, 9.17) is 4.42 Å². The summed E-state index contributed by atoms with van der Waals surface area (Å²) in [6.45, 7) is 0. The van der Waals surface area contributed by atoms with E-state index in [2.05, 4.69) is 302 Å². The molecule has 0 saturated heterocycles. The summed E-state index contributed by atoms with van der Waals surface area (Å²) in [4.78, 5) is 2.47. The number of benzene rings is 13. The van der Waals surface area contributed by atoms with Gasteiger partial charge in [0.1, 0.15) is 11.2 Å². The predicted octanol–water partition coefficient (Wildman–Crippen LogP) is 22.2. The van der Waals surface area contributed by atoms with E-state index < -0.39 is 0 Å². The van der Waals surface area contributed by atoms with Gasteiger partial charge >= 0.3 is 0 Å². The van der Waals surface area contributed by atoms with Crippen LogP contribution in [0.15, 0.2) is 302 Å². The molecule has 13 aromatic carbocycles. The lowest BCUT2D eigenvalue weighted by Crippen LogP contribution is -2.12. The molecule has 370 valence electrons. The highest BCUT2D eigenvalue weighted by molar-refractivity contribution is 7.26. The Balaban J connectivity index is 0.960. The molecular formula is C76H49NOS. The van der Waals surface area contributed by atoms with Crippen molar-refractivity contribution in [2.75, 3.05) is 4.90 Å². The van der Waals surface area contributed by atoms with Crippen molar-refractivity contribution in [3.63, 3.8) is 0 Å². The summed E-state index contributed by atoms with van der Waals surface area (Å²) in [5, 5.41) is 7.03. The molecule has 79 heavy (non-hydrogen) atoms. The number of fused-ring (bicyclic) bond motifs is 8. The fourth-order valence-corrected chi connectivity index (χ4v) is 13.1. The minimum atomic E-state index is 0.863. The summed E-state index contributed by atoms with van der Waals surface area (Å²) >= 11 is 1.87. The third-order valence-corrected chi connectivity index (χ3v) is 16.9. The van der Waals surface area contributed by atoms with Gasteiger partial charge in [0.2, 0.25) is 0 Å². The second-order valence-corrected chi connectivity index (χ2v) is 21.4. The van der Waals surface area contributed by atoms with Crippen LogP contribution >= 0.6 is 11.3 Å². The van der Waals surface area contributed by atoms with Crippen LogP contribution in [0.25, 0.3) is 131 Å². The zero-order valence-electron chi connectivity index (χ0n) is 43.1. The zero-order chi connectivity index (χ0) is 52.2. The molecular weight excluding hydrogens is 975 g/mol. The summed E-state index contributed by atoms with van der Waals surface area (Å²) in [6.07, 6.45) is 0. The fraction of sp³-hybridized carbons (Fsp3) is 0. The summed E-state index contributed by atoms with van der Waals surface area (Å²) in [5.74, 6) is 0. The molecule has 0 spiro atoms. The van der Waals surface area contributed by atoms with Crippen LogP contribution < -0.4 is 4.90 Å². The van der Waals surface area contributed by atoms with E-state index in [-0.39, 0.29) is 0 Å². The van der Waals surface area contributed by atoms with E-state index in [1.165, 1.54) is 59.1 Å². The molecule has 2 nitrogen and oxygen atoms in total. The highest BCUT2D eigenvalue weighted by atomic mass is 32.1. The predicted molar refractivity (Wildman–Crippen MR) is 337 cm³/mol. The lowest BCUT2D eigenvalue weighted by molar-refractivity contribution is 0.672. The van der Waals surface area contributed by atoms with Crippen molar-refractivity contribution < 1.29 is 4.42 Å². The molecule has 0 bridgehead atoms. The topological polar surface area (TPSA) is 16.4 Å². The molecule has 0 radical (unpaired) electrons. The van der Waals surface area contributed by atoms with Crippen molar-refractivity contribution >= 4 is 81.3 Å². The third kappa shape index (κ3) is 8.36. The molecule has 0 saturated carbocycles. The molecule has 0 atom stereocenters. The number of anilines is 3. The molecule has 0 aliphatic rings. The van der Waals surface area contributed by atoms with Gasteiger partial charge in [0.05, 0.1) is 5.69 Å². The molecule has 0 amide bonds. The van der Waals surface area contributed by atoms with Gasteiger partial charge in [-0.25, -0.2) is 0 Å². The molecule has 15 rings (SSSR count). The Morgan fingerprint density at radius 1 is 0.278 bits per heavy atom. The highest BCUT2D eigenvalue weighted by Crippen LogP contribution is 2.49. The monoisotopic (exact) mass is 1020 g/mol. The second-order valence-electron chi connectivity index (χ2n) is 20.4. The van der Waals surface area contributed by atoms with E-state index in [0.29, 0.717) is 0 Å². The van der Waals surface area contributed by atoms with Gasteiger partial charge in [-0.05, 0) is 157 Å². The van der Waals surface area contributed by atoms with Gasteiger partial charge in [0.25, 0.3) is 0 Å². The van der Waals surface area contributed by atoms with Crippen LogP contribution in [0.3, 0.4) is 0 Å². The zero-order valence-corrected chi connectivity index (χ0v) is 43.9. The molecule has 0 aliphatic heterocycles. The first-order valence-electron chi connectivity index (χ1n) is 27.0. The number of hydrogen-bond donors (Lipinski definition) is 0. The molecule has 15 aromatic rings. The van der Waals surface area contributed by atoms with Gasteiger partial charge < -0.3 is 9.32 Å². The van der Waals surface area contributed by atoms with Crippen molar-refractivity contribution in [2.45, 2.75) is 0 Å². The van der Waals surface area contributed by atoms with Crippen LogP contribution in [0.5, 0.6) is 0 Å². The maximum atomic E-state index is 6.76. The van der Waals surface area contributed by atoms with Gasteiger partial charge in [-0.1, -0.05) is 218 Å². The molecule has 0 unspecified atom stereocenters. The van der Waals surface area contributed by atoms with Gasteiger partial charge in [-0.2, -0.15) is 0 Å². The van der Waals surface area contributed by atoms with Crippen LogP contribution in [-0.2, 0) is 0 Å². The first-order valence-corrected chi connectivity index (χ1v) is 27.8. The average molecular weight is 1020 g/mol. The number of thiophene rings is 1. The third-order valence-electron chi connectivity index (χ3n) is 15.6. The van der Waals surface area contributed by atoms with Crippen LogP contribution in [0.2, 0.25) is 0 Å². The Kier molecular flexibility index (Phi) is 11.4. The highest BCUT2D eigenvalue weighted by Gasteiger charge is 2.24. The summed E-state index contributed by atoms with van der Waals surface area (Å²) < 4.78 is 9.34. The Labute approximate surface area is 463 Å². The van der Waals surface area contributed by atoms with Crippen molar-refractivity contribution in [1.29, 1.82) is 0 Å². The SMILES string of the molecule is c1ccc(-c2cc(-c3ccccc3)cc(-c3ccc(N(c4cccc(-c5cccc6c5sc5ccccc56)c4)c4cccc(-c5cccc(-c6ccccc6)c5)c4-c4ccc5oc6c7ccccc7ccc6c5c4)cc3)c2)cc1. The second kappa shape index (κ2) is 19.5. The fourth-order valence-electron chi connectivity index (χ4n) is 11.8. The Morgan fingerprint density at radius 3 is 1.54 bits per heavy atom. The Hall–Kier alpha value is -10.1. The van der Waals surface area contributed by atoms with E-state index in [1.54, 1.807) is 0 Å². The van der Waals surface area contributed by atoms with Gasteiger partial charge in [0, 0.05) is 53.3 Å². The van der Waals surface area contributed by atoms with Crippen LogP contribution in [0.4, 0.5) is 17.1 Å². The standard InChI is InChI=1S/C76H49NOS/c1-4-18-50(19-5-1)55-25-14-26-56(44-55)64-31-17-34-71(74(64)58-39-43-72-70(49-58)68-42-38-54-24-10-11-29-65(54)75(68)78-72)77(63-28-15-27-57(48-63)66-32-16-33-69-67-30-12-13-35-73(67)79-76(66)69)62-40-36-53(37-41-62)61-46-59(51-20-6-2-7-21-51)45-60(47-61)52-22-8-3-9-23-52/h1-49H. The normalized spacial score (nSPS) is 11.5. The molecule has 2 aromatic heterocycles. The van der Waals surface area contributed by atoms with Gasteiger partial charge in [-0.3, -0.25) is 0 Å². The largest absolute Gasteiger partial charge is 0.455 e. The molecule has 0 aliphatic carbocycles. The van der Waals surface area contributed by atoms with Crippen molar-refractivity contribution in [3.05, 3.63) is 297 Å². The maximum Gasteiger partial charge on any atom is 0.143 e. The number of furan rings is 1. The number of hydrogen-bond acceptors (Lipinski definition) is 3. The van der Waals surface area contributed by atoms with Crippen LogP contribution in [-0.4, -0.2) is 0 Å². The van der Waals surface area contributed by atoms with E-state index >= 15 is 0 Å². The first-order chi connectivity index (χ1) is 39.1. The molecule has 2 heterocycles. The number of rotatable bonds is 10. The average Bonchev–Trinajstić information content (AvgIpc) is 4.21. The summed E-state index contributed by atoms with van der Waals surface area (Å²) in [5.41, 5.74) is 21.2. The first kappa shape index (κ1) is 46.3. The van der Waals surface area contributed by atoms with E-state index in [9.17, 15) is 0 Å². The van der Waals surface area contributed by atoms with Gasteiger partial charge in [0.15, 0.2) is 0 Å². The molecule has 0 fully saturated rings. The lowest BCUT2D eigenvalue weighted by Gasteiger charge is -2.30.